The number of hydrogen-bond donors (Lipinski definition) is 1. The second-order valence-corrected chi connectivity index (χ2v) is 6.63. The molecule has 4 nitrogen and oxygen atoms in total. The van der Waals surface area contributed by atoms with Gasteiger partial charge in [0.15, 0.2) is 0 Å². The molecule has 1 aromatic rings. The molecule has 0 bridgehead atoms. The lowest BCUT2D eigenvalue weighted by Crippen LogP contribution is -2.35. The molecule has 0 radical (unpaired) electrons. The fourth-order valence-corrected chi connectivity index (χ4v) is 3.13. The summed E-state index contributed by atoms with van der Waals surface area (Å²) in [5.41, 5.74) is 0.401. The Morgan fingerprint density at radius 2 is 2.11 bits per heavy atom. The molecule has 2 atom stereocenters. The number of rotatable bonds is 2. The topological polar surface area (TPSA) is 43.8 Å². The average Bonchev–Trinajstić information content (AvgIpc) is 2.74. The third-order valence-corrected chi connectivity index (χ3v) is 4.38. The Hall–Kier alpha value is -0.820. The van der Waals surface area contributed by atoms with E-state index in [4.69, 9.17) is 0 Å². The summed E-state index contributed by atoms with van der Waals surface area (Å²) in [5, 5.41) is 9.85. The molecule has 1 amide bonds. The van der Waals surface area contributed by atoms with Crippen LogP contribution in [0.1, 0.15) is 17.3 Å². The van der Waals surface area contributed by atoms with Crippen LogP contribution in [0.5, 0.6) is 5.75 Å². The first-order valence-electron chi connectivity index (χ1n) is 6.34. The highest BCUT2D eigenvalue weighted by molar-refractivity contribution is 14.1. The second-order valence-electron chi connectivity index (χ2n) is 5.38. The Kier molecular flexibility index (Phi) is 4.35. The van der Waals surface area contributed by atoms with E-state index in [2.05, 4.69) is 34.4 Å². The van der Waals surface area contributed by atoms with E-state index in [1.54, 1.807) is 18.2 Å². The van der Waals surface area contributed by atoms with E-state index in [1.165, 1.54) is 0 Å². The van der Waals surface area contributed by atoms with Gasteiger partial charge in [-0.15, -0.1) is 0 Å². The van der Waals surface area contributed by atoms with Crippen LogP contribution < -0.4 is 0 Å². The molecule has 1 aliphatic heterocycles. The van der Waals surface area contributed by atoms with E-state index in [9.17, 15) is 9.90 Å². The molecule has 1 saturated heterocycles. The van der Waals surface area contributed by atoms with E-state index in [1.807, 2.05) is 19.0 Å². The van der Waals surface area contributed by atoms with Gasteiger partial charge in [-0.2, -0.15) is 0 Å². The number of likely N-dealkylation sites (tertiary alicyclic amines) is 1. The molecule has 2 rings (SSSR count). The maximum Gasteiger partial charge on any atom is 0.257 e. The van der Waals surface area contributed by atoms with Gasteiger partial charge in [-0.3, -0.25) is 4.79 Å². The summed E-state index contributed by atoms with van der Waals surface area (Å²) in [6.45, 7) is 3.62. The zero-order chi connectivity index (χ0) is 14.2. The van der Waals surface area contributed by atoms with Crippen LogP contribution in [-0.2, 0) is 0 Å². The first-order chi connectivity index (χ1) is 8.90. The summed E-state index contributed by atoms with van der Waals surface area (Å²) in [7, 11) is 4.08. The number of hydrogen-bond acceptors (Lipinski definition) is 3. The SMILES string of the molecule is CC1CN(C(=O)c2cc(I)ccc2O)CC1N(C)C. The molecule has 19 heavy (non-hydrogen) atoms. The third kappa shape index (κ3) is 3.02. The molecule has 1 aromatic carbocycles. The number of carbonyl (C=O) groups excluding carboxylic acids is 1. The van der Waals surface area contributed by atoms with Gasteiger partial charge in [0, 0.05) is 22.7 Å². The first-order valence-corrected chi connectivity index (χ1v) is 7.42. The highest BCUT2D eigenvalue weighted by Crippen LogP contribution is 2.26. The maximum absolute atomic E-state index is 12.5. The summed E-state index contributed by atoms with van der Waals surface area (Å²) < 4.78 is 0.954. The van der Waals surface area contributed by atoms with Crippen LogP contribution in [0.2, 0.25) is 0 Å². The quantitative estimate of drug-likeness (QED) is 0.806. The zero-order valence-corrected chi connectivity index (χ0v) is 13.6. The van der Waals surface area contributed by atoms with Crippen molar-refractivity contribution in [1.82, 2.24) is 9.80 Å². The summed E-state index contributed by atoms with van der Waals surface area (Å²) in [6.07, 6.45) is 0. The van der Waals surface area contributed by atoms with Gasteiger partial charge in [0.2, 0.25) is 0 Å². The van der Waals surface area contributed by atoms with Crippen LogP contribution in [0.15, 0.2) is 18.2 Å². The van der Waals surface area contributed by atoms with Crippen molar-refractivity contribution in [3.63, 3.8) is 0 Å². The van der Waals surface area contributed by atoms with Crippen LogP contribution >= 0.6 is 22.6 Å². The molecule has 1 aliphatic rings. The minimum absolute atomic E-state index is 0.0615. The van der Waals surface area contributed by atoms with Crippen molar-refractivity contribution >= 4 is 28.5 Å². The number of phenolic OH excluding ortho intramolecular Hbond substituents is 1. The minimum atomic E-state index is -0.0767. The lowest BCUT2D eigenvalue weighted by atomic mass is 10.1. The highest BCUT2D eigenvalue weighted by atomic mass is 127. The van der Waals surface area contributed by atoms with Crippen molar-refractivity contribution < 1.29 is 9.90 Å². The van der Waals surface area contributed by atoms with Crippen LogP contribution in [0.4, 0.5) is 0 Å². The fraction of sp³-hybridized carbons (Fsp3) is 0.500. The molecule has 0 aliphatic carbocycles. The molecular weight excluding hydrogens is 355 g/mol. The summed E-state index contributed by atoms with van der Waals surface area (Å²) in [5.74, 6) is 0.433. The van der Waals surface area contributed by atoms with Gasteiger partial charge in [-0.1, -0.05) is 6.92 Å². The maximum atomic E-state index is 12.5. The molecule has 2 unspecified atom stereocenters. The Morgan fingerprint density at radius 1 is 1.42 bits per heavy atom. The van der Waals surface area contributed by atoms with Crippen molar-refractivity contribution in [2.75, 3.05) is 27.2 Å². The van der Waals surface area contributed by atoms with Gasteiger partial charge in [0.1, 0.15) is 5.75 Å². The number of nitrogens with zero attached hydrogens (tertiary/aromatic N) is 2. The van der Waals surface area contributed by atoms with E-state index in [-0.39, 0.29) is 11.7 Å². The third-order valence-electron chi connectivity index (χ3n) is 3.71. The predicted octanol–water partition coefficient (Wildman–Crippen LogP) is 2.02. The Balaban J connectivity index is 2.19. The molecule has 1 fully saturated rings. The van der Waals surface area contributed by atoms with Crippen molar-refractivity contribution in [3.05, 3.63) is 27.3 Å². The smallest absolute Gasteiger partial charge is 0.257 e. The average molecular weight is 374 g/mol. The largest absolute Gasteiger partial charge is 0.507 e. The molecule has 0 aromatic heterocycles. The normalized spacial score (nSPS) is 23.1. The van der Waals surface area contributed by atoms with Gasteiger partial charge >= 0.3 is 0 Å². The molecule has 0 saturated carbocycles. The second kappa shape index (κ2) is 5.66. The molecule has 1 N–H and O–H groups in total. The predicted molar refractivity (Wildman–Crippen MR) is 83.4 cm³/mol. The van der Waals surface area contributed by atoms with Gasteiger partial charge < -0.3 is 14.9 Å². The van der Waals surface area contributed by atoms with Crippen LogP contribution in [0.3, 0.4) is 0 Å². The van der Waals surface area contributed by atoms with Gasteiger partial charge in [0.05, 0.1) is 5.56 Å². The summed E-state index contributed by atoms with van der Waals surface area (Å²) in [4.78, 5) is 16.5. The van der Waals surface area contributed by atoms with Crippen molar-refractivity contribution in [3.8, 4) is 5.75 Å². The molecule has 0 spiro atoms. The van der Waals surface area contributed by atoms with E-state index >= 15 is 0 Å². The van der Waals surface area contributed by atoms with Crippen molar-refractivity contribution in [1.29, 1.82) is 0 Å². The fourth-order valence-electron chi connectivity index (χ4n) is 2.64. The number of amides is 1. The van der Waals surface area contributed by atoms with E-state index < -0.39 is 0 Å². The number of benzene rings is 1. The van der Waals surface area contributed by atoms with Gasteiger partial charge in [-0.05, 0) is 60.8 Å². The van der Waals surface area contributed by atoms with Crippen molar-refractivity contribution in [2.45, 2.75) is 13.0 Å². The monoisotopic (exact) mass is 374 g/mol. The van der Waals surface area contributed by atoms with Crippen LogP contribution in [0.25, 0.3) is 0 Å². The van der Waals surface area contributed by atoms with E-state index in [0.717, 1.165) is 16.7 Å². The first kappa shape index (κ1) is 14.6. The van der Waals surface area contributed by atoms with Crippen molar-refractivity contribution in [2.24, 2.45) is 5.92 Å². The number of aromatic hydroxyl groups is 1. The summed E-state index contributed by atoms with van der Waals surface area (Å²) >= 11 is 2.15. The summed E-state index contributed by atoms with van der Waals surface area (Å²) in [6, 6.07) is 5.50. The molecule has 1 heterocycles. The van der Waals surface area contributed by atoms with Crippen LogP contribution in [-0.4, -0.2) is 54.0 Å². The number of carbonyl (C=O) groups is 1. The molecule has 5 heteroatoms. The zero-order valence-electron chi connectivity index (χ0n) is 11.4. The van der Waals surface area contributed by atoms with Gasteiger partial charge in [-0.25, -0.2) is 0 Å². The number of likely N-dealkylation sites (N-methyl/N-ethyl adjacent to an activating group) is 1. The number of phenols is 1. The van der Waals surface area contributed by atoms with E-state index in [0.29, 0.717) is 17.5 Å². The standard InChI is InChI=1S/C14H19IN2O2/c1-9-7-17(8-12(9)16(2)3)14(19)11-6-10(15)4-5-13(11)18/h4-6,9,12,18H,7-8H2,1-3H3. The lowest BCUT2D eigenvalue weighted by molar-refractivity contribution is 0.0778. The Morgan fingerprint density at radius 3 is 2.68 bits per heavy atom. The Bertz CT molecular complexity index is 490. The highest BCUT2D eigenvalue weighted by Gasteiger charge is 2.34. The Labute approximate surface area is 127 Å². The molecule has 104 valence electrons. The molecular formula is C14H19IN2O2. The van der Waals surface area contributed by atoms with Crippen LogP contribution in [0, 0.1) is 9.49 Å². The lowest BCUT2D eigenvalue weighted by Gasteiger charge is -2.22. The van der Waals surface area contributed by atoms with Gasteiger partial charge in [0.25, 0.3) is 5.91 Å². The number of halogens is 1. The minimum Gasteiger partial charge on any atom is -0.507 e.